The molecule has 0 aromatic heterocycles. The van der Waals surface area contributed by atoms with E-state index < -0.39 is 0 Å². The van der Waals surface area contributed by atoms with Crippen LogP contribution < -0.4 is 9.47 Å². The van der Waals surface area contributed by atoms with Gasteiger partial charge in [-0.2, -0.15) is 5.26 Å². The minimum Gasteiger partial charge on any atom is -0.494 e. The van der Waals surface area contributed by atoms with Crippen molar-refractivity contribution in [3.05, 3.63) is 53.6 Å². The smallest absolute Gasteiger partial charge is 0.148 e. The lowest BCUT2D eigenvalue weighted by atomic mass is 10.1. The standard InChI is InChI=1S/C17H17NO2/c1-3-11-19-15-7-9-16(10-8-15)20-17-13(2)5-4-6-14(17)12-18/h4-10H,3,11H2,1-2H3. The van der Waals surface area contributed by atoms with E-state index in [4.69, 9.17) is 14.7 Å². The third kappa shape index (κ3) is 3.30. The molecule has 0 atom stereocenters. The van der Waals surface area contributed by atoms with Crippen molar-refractivity contribution in [3.8, 4) is 23.3 Å². The average Bonchev–Trinajstić information content (AvgIpc) is 2.48. The Labute approximate surface area is 119 Å². The van der Waals surface area contributed by atoms with E-state index in [1.807, 2.05) is 43.3 Å². The van der Waals surface area contributed by atoms with Crippen LogP contribution in [0.25, 0.3) is 0 Å². The summed E-state index contributed by atoms with van der Waals surface area (Å²) in [4.78, 5) is 0. The lowest BCUT2D eigenvalue weighted by Gasteiger charge is -2.11. The van der Waals surface area contributed by atoms with Crippen LogP contribution in [0.2, 0.25) is 0 Å². The van der Waals surface area contributed by atoms with Crippen LogP contribution in [0.1, 0.15) is 24.5 Å². The summed E-state index contributed by atoms with van der Waals surface area (Å²) >= 11 is 0. The van der Waals surface area contributed by atoms with Crippen molar-refractivity contribution >= 4 is 0 Å². The molecular weight excluding hydrogens is 250 g/mol. The Morgan fingerprint density at radius 2 is 1.75 bits per heavy atom. The van der Waals surface area contributed by atoms with Gasteiger partial charge in [0, 0.05) is 0 Å². The van der Waals surface area contributed by atoms with Crippen molar-refractivity contribution in [1.29, 1.82) is 5.26 Å². The molecule has 0 radical (unpaired) electrons. The summed E-state index contributed by atoms with van der Waals surface area (Å²) in [7, 11) is 0. The number of nitriles is 1. The molecule has 102 valence electrons. The molecule has 20 heavy (non-hydrogen) atoms. The summed E-state index contributed by atoms with van der Waals surface area (Å²) in [6, 6.07) is 15.1. The average molecular weight is 267 g/mol. The first-order valence-corrected chi connectivity index (χ1v) is 6.65. The second kappa shape index (κ2) is 6.63. The van der Waals surface area contributed by atoms with Gasteiger partial charge in [-0.05, 0) is 49.2 Å². The molecule has 0 saturated heterocycles. The van der Waals surface area contributed by atoms with E-state index in [1.54, 1.807) is 6.07 Å². The molecule has 0 spiro atoms. The van der Waals surface area contributed by atoms with Crippen LogP contribution >= 0.6 is 0 Å². The van der Waals surface area contributed by atoms with E-state index in [0.29, 0.717) is 23.7 Å². The first kappa shape index (κ1) is 14.0. The zero-order valence-electron chi connectivity index (χ0n) is 11.7. The summed E-state index contributed by atoms with van der Waals surface area (Å²) < 4.78 is 11.3. The van der Waals surface area contributed by atoms with Gasteiger partial charge in [-0.15, -0.1) is 0 Å². The Balaban J connectivity index is 2.17. The third-order valence-electron chi connectivity index (χ3n) is 2.85. The van der Waals surface area contributed by atoms with Gasteiger partial charge in [0.15, 0.2) is 0 Å². The molecule has 2 aromatic carbocycles. The zero-order valence-corrected chi connectivity index (χ0v) is 11.7. The molecule has 0 saturated carbocycles. The molecule has 2 rings (SSSR count). The number of rotatable bonds is 5. The van der Waals surface area contributed by atoms with Crippen LogP contribution in [-0.2, 0) is 0 Å². The highest BCUT2D eigenvalue weighted by Crippen LogP contribution is 2.29. The van der Waals surface area contributed by atoms with Crippen molar-refractivity contribution in [3.63, 3.8) is 0 Å². The molecule has 2 aromatic rings. The molecule has 0 aliphatic heterocycles. The number of para-hydroxylation sites is 1. The molecule has 3 nitrogen and oxygen atoms in total. The fourth-order valence-corrected chi connectivity index (χ4v) is 1.82. The van der Waals surface area contributed by atoms with Crippen LogP contribution in [0.5, 0.6) is 17.2 Å². The van der Waals surface area contributed by atoms with E-state index >= 15 is 0 Å². The second-order valence-corrected chi connectivity index (χ2v) is 4.49. The highest BCUT2D eigenvalue weighted by atomic mass is 16.5. The van der Waals surface area contributed by atoms with Crippen molar-refractivity contribution in [2.75, 3.05) is 6.61 Å². The Bertz CT molecular complexity index is 612. The SMILES string of the molecule is CCCOc1ccc(Oc2c(C)cccc2C#N)cc1. The van der Waals surface area contributed by atoms with Crippen molar-refractivity contribution in [1.82, 2.24) is 0 Å². The number of hydrogen-bond donors (Lipinski definition) is 0. The maximum atomic E-state index is 9.11. The van der Waals surface area contributed by atoms with Gasteiger partial charge in [-0.3, -0.25) is 0 Å². The topological polar surface area (TPSA) is 42.2 Å². The minimum atomic E-state index is 0.538. The van der Waals surface area contributed by atoms with Gasteiger partial charge < -0.3 is 9.47 Å². The van der Waals surface area contributed by atoms with E-state index in [2.05, 4.69) is 13.0 Å². The summed E-state index contributed by atoms with van der Waals surface area (Å²) in [5.41, 5.74) is 1.48. The molecule has 0 unspecified atom stereocenters. The van der Waals surface area contributed by atoms with E-state index in [-0.39, 0.29) is 0 Å². The Morgan fingerprint density at radius 3 is 2.40 bits per heavy atom. The van der Waals surface area contributed by atoms with Gasteiger partial charge in [0.05, 0.1) is 12.2 Å². The lowest BCUT2D eigenvalue weighted by Crippen LogP contribution is -1.95. The van der Waals surface area contributed by atoms with Crippen molar-refractivity contribution in [2.24, 2.45) is 0 Å². The van der Waals surface area contributed by atoms with E-state index in [9.17, 15) is 0 Å². The first-order chi connectivity index (χ1) is 9.74. The monoisotopic (exact) mass is 267 g/mol. The summed E-state index contributed by atoms with van der Waals surface area (Å²) in [5.74, 6) is 2.13. The molecule has 0 amide bonds. The van der Waals surface area contributed by atoms with Gasteiger partial charge in [-0.25, -0.2) is 0 Å². The fraction of sp³-hybridized carbons (Fsp3) is 0.235. The lowest BCUT2D eigenvalue weighted by molar-refractivity contribution is 0.317. The maximum Gasteiger partial charge on any atom is 0.148 e. The number of ether oxygens (including phenoxy) is 2. The van der Waals surface area contributed by atoms with E-state index in [1.165, 1.54) is 0 Å². The first-order valence-electron chi connectivity index (χ1n) is 6.65. The molecule has 0 heterocycles. The zero-order chi connectivity index (χ0) is 14.4. The molecule has 0 fully saturated rings. The molecule has 3 heteroatoms. The molecule has 0 N–H and O–H groups in total. The summed E-state index contributed by atoms with van der Waals surface area (Å²) in [6.07, 6.45) is 0.979. The van der Waals surface area contributed by atoms with Gasteiger partial charge in [0.1, 0.15) is 23.3 Å². The quantitative estimate of drug-likeness (QED) is 0.803. The van der Waals surface area contributed by atoms with Gasteiger partial charge in [0.2, 0.25) is 0 Å². The van der Waals surface area contributed by atoms with E-state index in [0.717, 1.165) is 17.7 Å². The number of nitrogens with zero attached hydrogens (tertiary/aromatic N) is 1. The molecular formula is C17H17NO2. The van der Waals surface area contributed by atoms with Gasteiger partial charge in [-0.1, -0.05) is 19.1 Å². The fourth-order valence-electron chi connectivity index (χ4n) is 1.82. The molecule has 0 aliphatic rings. The molecule has 0 bridgehead atoms. The summed E-state index contributed by atoms with van der Waals surface area (Å²) in [6.45, 7) is 4.70. The van der Waals surface area contributed by atoms with Crippen LogP contribution in [0, 0.1) is 18.3 Å². The number of benzene rings is 2. The maximum absolute atomic E-state index is 9.11. The van der Waals surface area contributed by atoms with Crippen LogP contribution in [-0.4, -0.2) is 6.61 Å². The van der Waals surface area contributed by atoms with Crippen LogP contribution in [0.3, 0.4) is 0 Å². The third-order valence-corrected chi connectivity index (χ3v) is 2.85. The van der Waals surface area contributed by atoms with Gasteiger partial charge >= 0.3 is 0 Å². The van der Waals surface area contributed by atoms with Gasteiger partial charge in [0.25, 0.3) is 0 Å². The largest absolute Gasteiger partial charge is 0.494 e. The molecule has 0 aliphatic carbocycles. The Morgan fingerprint density at radius 1 is 1.05 bits per heavy atom. The predicted octanol–water partition coefficient (Wildman–Crippen LogP) is 4.45. The predicted molar refractivity (Wildman–Crippen MR) is 78.2 cm³/mol. The Hall–Kier alpha value is -2.47. The normalized spacial score (nSPS) is 9.85. The van der Waals surface area contributed by atoms with Crippen molar-refractivity contribution < 1.29 is 9.47 Å². The van der Waals surface area contributed by atoms with Crippen LogP contribution in [0.15, 0.2) is 42.5 Å². The minimum absolute atomic E-state index is 0.538. The number of aryl methyl sites for hydroxylation is 1. The highest BCUT2D eigenvalue weighted by Gasteiger charge is 2.07. The van der Waals surface area contributed by atoms with Crippen molar-refractivity contribution in [2.45, 2.75) is 20.3 Å². The van der Waals surface area contributed by atoms with Crippen LogP contribution in [0.4, 0.5) is 0 Å². The highest BCUT2D eigenvalue weighted by molar-refractivity contribution is 5.50. The summed E-state index contributed by atoms with van der Waals surface area (Å²) in [5, 5.41) is 9.11. The number of hydrogen-bond acceptors (Lipinski definition) is 3. The second-order valence-electron chi connectivity index (χ2n) is 4.49. The Kier molecular flexibility index (Phi) is 4.62.